The average molecular weight is 413 g/mol. The van der Waals surface area contributed by atoms with Crippen LogP contribution in [0.5, 0.6) is 0 Å². The summed E-state index contributed by atoms with van der Waals surface area (Å²) in [5.41, 5.74) is -0.103. The quantitative estimate of drug-likeness (QED) is 0.483. The van der Waals surface area contributed by atoms with E-state index in [0.29, 0.717) is 17.9 Å². The van der Waals surface area contributed by atoms with E-state index in [2.05, 4.69) is 0 Å². The SMILES string of the molecule is Cc1ccc(I(F)/C=C(/Cl)CC2(F)CCCCC2)cc1. The fraction of sp³-hybridized carbons (Fsp3) is 0.500. The number of alkyl halides is 1. The molecular weight excluding hydrogens is 393 g/mol. The maximum atomic E-state index is 14.5. The Bertz CT molecular complexity index is 464. The van der Waals surface area contributed by atoms with Crippen molar-refractivity contribution in [2.75, 3.05) is 0 Å². The second kappa shape index (κ2) is 7.21. The minimum atomic E-state index is -2.89. The Kier molecular flexibility index (Phi) is 5.84. The molecule has 0 amide bonds. The van der Waals surface area contributed by atoms with Crippen LogP contribution in [0.25, 0.3) is 0 Å². The molecule has 0 heterocycles. The molecule has 0 nitrogen and oxygen atoms in total. The first kappa shape index (κ1) is 16.2. The van der Waals surface area contributed by atoms with E-state index in [1.54, 1.807) is 0 Å². The Morgan fingerprint density at radius 3 is 2.45 bits per heavy atom. The van der Waals surface area contributed by atoms with Crippen LogP contribution in [-0.2, 0) is 0 Å². The Morgan fingerprint density at radius 2 is 1.85 bits per heavy atom. The molecule has 0 atom stereocenters. The normalized spacial score (nSPS) is 19.8. The van der Waals surface area contributed by atoms with Crippen molar-refractivity contribution in [1.82, 2.24) is 0 Å². The molecule has 1 aliphatic carbocycles. The number of rotatable bonds is 4. The molecule has 0 bridgehead atoms. The number of halogens is 4. The predicted molar refractivity (Wildman–Crippen MR) is 90.5 cm³/mol. The zero-order valence-electron chi connectivity index (χ0n) is 11.6. The molecule has 1 aromatic rings. The van der Waals surface area contributed by atoms with Crippen molar-refractivity contribution < 1.29 is 7.25 Å². The van der Waals surface area contributed by atoms with E-state index >= 15 is 0 Å². The van der Waals surface area contributed by atoms with Gasteiger partial charge in [-0.2, -0.15) is 0 Å². The summed E-state index contributed by atoms with van der Waals surface area (Å²) < 4.78 is 31.0. The first-order valence-electron chi connectivity index (χ1n) is 6.95. The van der Waals surface area contributed by atoms with Gasteiger partial charge in [0.05, 0.1) is 0 Å². The van der Waals surface area contributed by atoms with Crippen LogP contribution < -0.4 is 0 Å². The summed E-state index contributed by atoms with van der Waals surface area (Å²) >= 11 is 3.21. The second-order valence-electron chi connectivity index (χ2n) is 5.50. The van der Waals surface area contributed by atoms with Crippen molar-refractivity contribution in [3.8, 4) is 0 Å². The van der Waals surface area contributed by atoms with Gasteiger partial charge in [0.2, 0.25) is 0 Å². The molecule has 0 spiro atoms. The molecular formula is C16H20ClF2I. The monoisotopic (exact) mass is 412 g/mol. The van der Waals surface area contributed by atoms with Crippen LogP contribution in [0, 0.1) is 10.5 Å². The molecule has 1 saturated carbocycles. The third-order valence-corrected chi connectivity index (χ3v) is 7.49. The van der Waals surface area contributed by atoms with Crippen molar-refractivity contribution in [2.45, 2.75) is 51.1 Å². The van der Waals surface area contributed by atoms with E-state index in [4.69, 9.17) is 11.6 Å². The Balaban J connectivity index is 2.00. The zero-order valence-corrected chi connectivity index (χ0v) is 14.6. The number of hydrogen-bond donors (Lipinski definition) is 0. The van der Waals surface area contributed by atoms with E-state index < -0.39 is 26.1 Å². The minimum absolute atomic E-state index is 0.179. The van der Waals surface area contributed by atoms with Crippen molar-refractivity contribution in [2.24, 2.45) is 0 Å². The van der Waals surface area contributed by atoms with Gasteiger partial charge in [-0.25, -0.2) is 0 Å². The second-order valence-corrected chi connectivity index (χ2v) is 9.36. The van der Waals surface area contributed by atoms with Crippen LogP contribution in [0.4, 0.5) is 7.25 Å². The summed E-state index contributed by atoms with van der Waals surface area (Å²) in [6, 6.07) is 7.43. The molecule has 0 aromatic heterocycles. The summed E-state index contributed by atoms with van der Waals surface area (Å²) in [7, 11) is 0. The van der Waals surface area contributed by atoms with Crippen LogP contribution in [-0.4, -0.2) is 5.67 Å². The molecule has 20 heavy (non-hydrogen) atoms. The van der Waals surface area contributed by atoms with Crippen LogP contribution in [0.1, 0.15) is 44.1 Å². The predicted octanol–water partition coefficient (Wildman–Crippen LogP) is 6.70. The van der Waals surface area contributed by atoms with Crippen molar-refractivity contribution in [1.29, 1.82) is 0 Å². The molecule has 1 fully saturated rings. The van der Waals surface area contributed by atoms with E-state index in [9.17, 15) is 7.25 Å². The third kappa shape index (κ3) is 4.69. The van der Waals surface area contributed by atoms with Crippen molar-refractivity contribution in [3.63, 3.8) is 0 Å². The molecule has 4 heteroatoms. The van der Waals surface area contributed by atoms with Gasteiger partial charge in [-0.1, -0.05) is 0 Å². The van der Waals surface area contributed by atoms with E-state index in [-0.39, 0.29) is 6.42 Å². The van der Waals surface area contributed by atoms with Gasteiger partial charge in [0, 0.05) is 0 Å². The Morgan fingerprint density at radius 1 is 1.25 bits per heavy atom. The number of allylic oxidation sites excluding steroid dienone is 1. The number of hydrogen-bond acceptors (Lipinski definition) is 0. The van der Waals surface area contributed by atoms with Gasteiger partial charge in [0.25, 0.3) is 0 Å². The summed E-state index contributed by atoms with van der Waals surface area (Å²) in [5.74, 6) is 0. The molecule has 112 valence electrons. The van der Waals surface area contributed by atoms with Crippen LogP contribution in [0.15, 0.2) is 33.4 Å². The van der Waals surface area contributed by atoms with Gasteiger partial charge < -0.3 is 0 Å². The van der Waals surface area contributed by atoms with Crippen LogP contribution in [0.2, 0.25) is 0 Å². The van der Waals surface area contributed by atoms with Crippen LogP contribution >= 0.6 is 32.0 Å². The molecule has 1 aliphatic rings. The van der Waals surface area contributed by atoms with E-state index in [0.717, 1.165) is 28.4 Å². The summed E-state index contributed by atoms with van der Waals surface area (Å²) in [5, 5.41) is 0.364. The van der Waals surface area contributed by atoms with Gasteiger partial charge in [0.15, 0.2) is 0 Å². The first-order valence-corrected chi connectivity index (χ1v) is 10.5. The van der Waals surface area contributed by atoms with Gasteiger partial charge in [-0.15, -0.1) is 0 Å². The fourth-order valence-electron chi connectivity index (χ4n) is 2.52. The first-order chi connectivity index (χ1) is 9.48. The molecule has 0 aliphatic heterocycles. The van der Waals surface area contributed by atoms with E-state index in [1.807, 2.05) is 31.2 Å². The van der Waals surface area contributed by atoms with Gasteiger partial charge in [-0.3, -0.25) is 0 Å². The molecule has 0 unspecified atom stereocenters. The zero-order chi connectivity index (χ0) is 14.6. The Hall–Kier alpha value is -0.160. The molecule has 2 rings (SSSR count). The van der Waals surface area contributed by atoms with E-state index in [1.165, 1.54) is 4.08 Å². The van der Waals surface area contributed by atoms with Gasteiger partial charge >= 0.3 is 133 Å². The maximum absolute atomic E-state index is 14.5. The standard InChI is InChI=1S/C16H20ClF2I/c1-13-5-7-15(8-6-13)20(19)12-14(17)11-16(18)9-3-2-4-10-16/h5-8,12H,2-4,9-11H2,1H3/b14-12+. The number of aryl methyl sites for hydroxylation is 1. The van der Waals surface area contributed by atoms with Crippen molar-refractivity contribution in [3.05, 3.63) is 42.5 Å². The third-order valence-electron chi connectivity index (χ3n) is 3.67. The average Bonchev–Trinajstić information content (AvgIpc) is 2.39. The molecule has 0 radical (unpaired) electrons. The molecule has 0 N–H and O–H groups in total. The topological polar surface area (TPSA) is 0 Å². The Labute approximate surface area is 132 Å². The van der Waals surface area contributed by atoms with Crippen LogP contribution in [0.3, 0.4) is 0 Å². The van der Waals surface area contributed by atoms with Crippen molar-refractivity contribution >= 4 is 32.0 Å². The molecule has 1 aromatic carbocycles. The summed E-state index contributed by atoms with van der Waals surface area (Å²) in [4.78, 5) is 0. The number of benzene rings is 1. The summed E-state index contributed by atoms with van der Waals surface area (Å²) in [6.07, 6.45) is 4.22. The van der Waals surface area contributed by atoms with Gasteiger partial charge in [-0.05, 0) is 0 Å². The summed E-state index contributed by atoms with van der Waals surface area (Å²) in [6.45, 7) is 1.97. The van der Waals surface area contributed by atoms with Gasteiger partial charge in [0.1, 0.15) is 0 Å². The molecule has 0 saturated heterocycles. The fourth-order valence-corrected chi connectivity index (χ4v) is 5.47.